The lowest BCUT2D eigenvalue weighted by Crippen LogP contribution is -2.13. The molecule has 0 fully saturated rings. The molecule has 8 heteroatoms. The predicted octanol–water partition coefficient (Wildman–Crippen LogP) is 4.96. The van der Waals surface area contributed by atoms with E-state index in [1.54, 1.807) is 49.8 Å². The highest BCUT2D eigenvalue weighted by atomic mass is 16.5. The van der Waals surface area contributed by atoms with Gasteiger partial charge in [-0.15, -0.1) is 0 Å². The number of anilines is 1. The summed E-state index contributed by atoms with van der Waals surface area (Å²) in [5.74, 6) is 1.30. The van der Waals surface area contributed by atoms with Gasteiger partial charge in [-0.2, -0.15) is 0 Å². The summed E-state index contributed by atoms with van der Waals surface area (Å²) in [6.07, 6.45) is 3.29. The van der Waals surface area contributed by atoms with Crippen LogP contribution in [0.3, 0.4) is 0 Å². The number of nitrogens with zero attached hydrogens (tertiary/aromatic N) is 3. The molecule has 0 aliphatic carbocycles. The molecule has 0 saturated carbocycles. The van der Waals surface area contributed by atoms with Crippen LogP contribution in [0.2, 0.25) is 0 Å². The van der Waals surface area contributed by atoms with Crippen molar-refractivity contribution in [3.8, 4) is 34.1 Å². The standard InChI is InChI=1S/C26H21N5O3/c1-15-5-3-11-27-23(15)31-25(33)17-7-9-20-21(14-17)30-24(29-20)19-13-16(8-10-22(19)32)18-6-4-12-28-26(18)34-2/h3-14,32H,1-2H3,(H,29,30)(H,27,31,33). The van der Waals surface area contributed by atoms with Crippen LogP contribution in [0.15, 0.2) is 73.1 Å². The average molecular weight is 451 g/mol. The number of fused-ring (bicyclic) bond motifs is 1. The molecule has 5 aromatic rings. The molecular weight excluding hydrogens is 430 g/mol. The van der Waals surface area contributed by atoms with Gasteiger partial charge in [0.05, 0.1) is 23.7 Å². The Hall–Kier alpha value is -4.72. The van der Waals surface area contributed by atoms with Gasteiger partial charge in [0.25, 0.3) is 5.91 Å². The van der Waals surface area contributed by atoms with Crippen molar-refractivity contribution in [1.82, 2.24) is 19.9 Å². The van der Waals surface area contributed by atoms with Crippen LogP contribution >= 0.6 is 0 Å². The molecule has 0 aliphatic rings. The molecule has 3 N–H and O–H groups in total. The van der Waals surface area contributed by atoms with Gasteiger partial charge in [0, 0.05) is 23.5 Å². The number of phenols is 1. The number of nitrogens with one attached hydrogen (secondary N) is 2. The van der Waals surface area contributed by atoms with Crippen LogP contribution in [0.25, 0.3) is 33.5 Å². The Labute approximate surface area is 195 Å². The van der Waals surface area contributed by atoms with Crippen LogP contribution in [0.1, 0.15) is 15.9 Å². The number of methoxy groups -OCH3 is 1. The molecule has 0 bridgehead atoms. The molecule has 3 heterocycles. The molecule has 3 aromatic heterocycles. The van der Waals surface area contributed by atoms with E-state index < -0.39 is 0 Å². The molecule has 0 unspecified atom stereocenters. The average Bonchev–Trinajstić information content (AvgIpc) is 3.29. The molecule has 34 heavy (non-hydrogen) atoms. The van der Waals surface area contributed by atoms with Gasteiger partial charge in [-0.1, -0.05) is 12.1 Å². The third kappa shape index (κ3) is 3.93. The molecular formula is C26H21N5O3. The van der Waals surface area contributed by atoms with E-state index in [1.165, 1.54) is 0 Å². The van der Waals surface area contributed by atoms with Crippen LogP contribution in [0.4, 0.5) is 5.82 Å². The number of rotatable bonds is 5. The summed E-state index contributed by atoms with van der Waals surface area (Å²) >= 11 is 0. The number of aromatic nitrogens is 4. The van der Waals surface area contributed by atoms with Gasteiger partial charge >= 0.3 is 0 Å². The smallest absolute Gasteiger partial charge is 0.256 e. The Morgan fingerprint density at radius 1 is 1.00 bits per heavy atom. The van der Waals surface area contributed by atoms with Crippen molar-refractivity contribution in [2.24, 2.45) is 0 Å². The Kier molecular flexibility index (Phi) is 5.39. The lowest BCUT2D eigenvalue weighted by Gasteiger charge is -2.09. The number of carbonyl (C=O) groups excluding carboxylic acids is 1. The molecule has 0 saturated heterocycles. The normalized spacial score (nSPS) is 10.9. The van der Waals surface area contributed by atoms with E-state index >= 15 is 0 Å². The fraction of sp³-hybridized carbons (Fsp3) is 0.0769. The van der Waals surface area contributed by atoms with Crippen molar-refractivity contribution in [2.75, 3.05) is 12.4 Å². The molecule has 5 rings (SSSR count). The van der Waals surface area contributed by atoms with Crippen LogP contribution in [-0.2, 0) is 0 Å². The lowest BCUT2D eigenvalue weighted by atomic mass is 10.0. The number of aromatic hydroxyl groups is 1. The minimum atomic E-state index is -0.270. The first-order chi connectivity index (χ1) is 16.5. The van der Waals surface area contributed by atoms with Crippen LogP contribution < -0.4 is 10.1 Å². The van der Waals surface area contributed by atoms with Crippen LogP contribution in [0, 0.1) is 6.92 Å². The summed E-state index contributed by atoms with van der Waals surface area (Å²) in [6, 6.07) is 17.8. The Bertz CT molecular complexity index is 1530. The minimum Gasteiger partial charge on any atom is -0.507 e. The van der Waals surface area contributed by atoms with E-state index in [0.29, 0.717) is 39.7 Å². The molecule has 0 radical (unpaired) electrons. The van der Waals surface area contributed by atoms with Gasteiger partial charge in [-0.3, -0.25) is 4.79 Å². The summed E-state index contributed by atoms with van der Waals surface area (Å²) < 4.78 is 5.37. The van der Waals surface area contributed by atoms with Crippen molar-refractivity contribution in [3.63, 3.8) is 0 Å². The van der Waals surface area contributed by atoms with E-state index in [4.69, 9.17) is 4.74 Å². The number of benzene rings is 2. The van der Waals surface area contributed by atoms with Crippen LogP contribution in [0.5, 0.6) is 11.6 Å². The first kappa shape index (κ1) is 21.1. The molecule has 1 amide bonds. The summed E-state index contributed by atoms with van der Waals surface area (Å²) in [6.45, 7) is 1.88. The third-order valence-electron chi connectivity index (χ3n) is 5.51. The summed E-state index contributed by atoms with van der Waals surface area (Å²) in [5.41, 5.74) is 4.82. The van der Waals surface area contributed by atoms with Crippen molar-refractivity contribution in [3.05, 3.63) is 84.2 Å². The van der Waals surface area contributed by atoms with E-state index in [1.807, 2.05) is 37.3 Å². The summed E-state index contributed by atoms with van der Waals surface area (Å²) in [4.78, 5) is 29.0. The second-order valence-corrected chi connectivity index (χ2v) is 7.73. The zero-order valence-corrected chi connectivity index (χ0v) is 18.5. The van der Waals surface area contributed by atoms with Crippen molar-refractivity contribution in [1.29, 1.82) is 0 Å². The minimum absolute atomic E-state index is 0.0780. The maximum Gasteiger partial charge on any atom is 0.256 e. The number of phenolic OH excluding ortho intramolecular Hbond substituents is 1. The molecule has 8 nitrogen and oxygen atoms in total. The first-order valence-corrected chi connectivity index (χ1v) is 10.6. The predicted molar refractivity (Wildman–Crippen MR) is 130 cm³/mol. The monoisotopic (exact) mass is 451 g/mol. The van der Waals surface area contributed by atoms with Crippen LogP contribution in [-0.4, -0.2) is 38.1 Å². The van der Waals surface area contributed by atoms with Gasteiger partial charge in [-0.25, -0.2) is 15.0 Å². The zero-order valence-electron chi connectivity index (χ0n) is 18.5. The van der Waals surface area contributed by atoms with E-state index in [9.17, 15) is 9.90 Å². The number of carbonyl (C=O) groups is 1. The van der Waals surface area contributed by atoms with E-state index in [2.05, 4.69) is 25.3 Å². The highest BCUT2D eigenvalue weighted by molar-refractivity contribution is 6.06. The topological polar surface area (TPSA) is 113 Å². The second kappa shape index (κ2) is 8.67. The summed E-state index contributed by atoms with van der Waals surface area (Å²) in [5, 5.41) is 13.4. The molecule has 0 atom stereocenters. The number of aryl methyl sites for hydroxylation is 1. The molecule has 168 valence electrons. The maximum absolute atomic E-state index is 12.8. The Balaban J connectivity index is 1.49. The highest BCUT2D eigenvalue weighted by Gasteiger charge is 2.15. The largest absolute Gasteiger partial charge is 0.507 e. The number of imidazole rings is 1. The summed E-state index contributed by atoms with van der Waals surface area (Å²) in [7, 11) is 1.56. The van der Waals surface area contributed by atoms with E-state index in [0.717, 1.165) is 16.7 Å². The number of hydrogen-bond acceptors (Lipinski definition) is 6. The number of ether oxygens (including phenoxy) is 1. The number of amides is 1. The van der Waals surface area contributed by atoms with Crippen molar-refractivity contribution in [2.45, 2.75) is 6.92 Å². The quantitative estimate of drug-likeness (QED) is 0.348. The van der Waals surface area contributed by atoms with Crippen molar-refractivity contribution >= 4 is 22.8 Å². The Morgan fingerprint density at radius 2 is 1.82 bits per heavy atom. The number of aromatic amines is 1. The van der Waals surface area contributed by atoms with Gasteiger partial charge in [0.2, 0.25) is 5.88 Å². The highest BCUT2D eigenvalue weighted by Crippen LogP contribution is 2.35. The van der Waals surface area contributed by atoms with Gasteiger partial charge in [-0.05, 0) is 66.6 Å². The third-order valence-corrected chi connectivity index (χ3v) is 5.51. The Morgan fingerprint density at radius 3 is 2.65 bits per heavy atom. The fourth-order valence-electron chi connectivity index (χ4n) is 3.74. The number of pyridine rings is 2. The zero-order chi connectivity index (χ0) is 23.7. The van der Waals surface area contributed by atoms with E-state index in [-0.39, 0.29) is 11.7 Å². The SMILES string of the molecule is COc1ncccc1-c1ccc(O)c(-c2nc3ccc(C(=O)Nc4ncccc4C)cc3[nH]2)c1. The second-order valence-electron chi connectivity index (χ2n) is 7.73. The van der Waals surface area contributed by atoms with Crippen molar-refractivity contribution < 1.29 is 14.6 Å². The maximum atomic E-state index is 12.8. The van der Waals surface area contributed by atoms with Gasteiger partial charge in [0.1, 0.15) is 17.4 Å². The van der Waals surface area contributed by atoms with Gasteiger partial charge in [0.15, 0.2) is 0 Å². The fourth-order valence-corrected chi connectivity index (χ4v) is 3.74. The molecule has 0 spiro atoms. The molecule has 0 aliphatic heterocycles. The first-order valence-electron chi connectivity index (χ1n) is 10.6. The number of hydrogen-bond donors (Lipinski definition) is 3. The van der Waals surface area contributed by atoms with Gasteiger partial charge < -0.3 is 20.1 Å². The lowest BCUT2D eigenvalue weighted by molar-refractivity contribution is 0.102. The molecule has 2 aromatic carbocycles. The number of H-pyrrole nitrogens is 1.